The quantitative estimate of drug-likeness (QED) is 0.594. The molecule has 0 saturated carbocycles. The number of aryl methyl sites for hydroxylation is 2. The van der Waals surface area contributed by atoms with Crippen LogP contribution in [0.2, 0.25) is 0 Å². The minimum Gasteiger partial charge on any atom is -0.495 e. The molecule has 0 unspecified atom stereocenters. The fourth-order valence-corrected chi connectivity index (χ4v) is 4.91. The lowest BCUT2D eigenvalue weighted by molar-refractivity contribution is 0.191. The first kappa shape index (κ1) is 22.0. The molecule has 5 rings (SSSR count). The van der Waals surface area contributed by atoms with Crippen LogP contribution in [0.4, 0.5) is 0 Å². The molecule has 1 aliphatic carbocycles. The fraction of sp³-hybridized carbons (Fsp3) is 0.520. The Morgan fingerprint density at radius 1 is 1.06 bits per heavy atom. The van der Waals surface area contributed by atoms with Crippen LogP contribution in [0.5, 0.6) is 5.75 Å². The van der Waals surface area contributed by atoms with Crippen molar-refractivity contribution in [3.8, 4) is 5.75 Å². The van der Waals surface area contributed by atoms with Crippen LogP contribution in [0.25, 0.3) is 11.0 Å². The van der Waals surface area contributed by atoms with E-state index in [1.807, 2.05) is 16.8 Å². The molecule has 3 aromatic heterocycles. The monoisotopic (exact) mass is 448 g/mol. The van der Waals surface area contributed by atoms with Crippen LogP contribution < -0.4 is 15.6 Å². The van der Waals surface area contributed by atoms with Crippen molar-refractivity contribution in [3.63, 3.8) is 0 Å². The van der Waals surface area contributed by atoms with Crippen molar-refractivity contribution in [2.75, 3.05) is 26.7 Å². The van der Waals surface area contributed by atoms with Gasteiger partial charge in [0, 0.05) is 37.8 Å². The number of rotatable bonds is 7. The number of likely N-dealkylation sites (tertiary alicyclic amines) is 1. The Bertz CT molecular complexity index is 1170. The smallest absolute Gasteiger partial charge is 0.251 e. The summed E-state index contributed by atoms with van der Waals surface area (Å²) in [4.78, 5) is 28.8. The molecule has 0 aromatic carbocycles. The summed E-state index contributed by atoms with van der Waals surface area (Å²) in [6.07, 6.45) is 10.4. The van der Waals surface area contributed by atoms with Gasteiger partial charge in [-0.05, 0) is 57.7 Å². The highest BCUT2D eigenvalue weighted by molar-refractivity contribution is 5.75. The third-order valence-electron chi connectivity index (χ3n) is 6.91. The van der Waals surface area contributed by atoms with Gasteiger partial charge in [0.1, 0.15) is 5.75 Å². The lowest BCUT2D eigenvalue weighted by atomic mass is 10.0. The van der Waals surface area contributed by atoms with Gasteiger partial charge in [0.2, 0.25) is 0 Å². The predicted octanol–water partition coefficient (Wildman–Crippen LogP) is 2.33. The van der Waals surface area contributed by atoms with Crippen LogP contribution in [0.3, 0.4) is 0 Å². The molecular weight excluding hydrogens is 416 g/mol. The zero-order valence-electron chi connectivity index (χ0n) is 19.3. The molecule has 3 aromatic rings. The van der Waals surface area contributed by atoms with Crippen molar-refractivity contribution in [2.45, 2.75) is 57.7 Å². The zero-order chi connectivity index (χ0) is 22.6. The SMILES string of the molecule is COc1cnc2ccc(=O)n(CCN3CCC(NCc4cnc5c(n4)CCCC5)CC3)c2c1. The van der Waals surface area contributed by atoms with Crippen molar-refractivity contribution in [1.82, 2.24) is 29.7 Å². The minimum absolute atomic E-state index is 0.000245. The maximum absolute atomic E-state index is 12.5. The molecule has 1 fully saturated rings. The Hall–Kier alpha value is -2.84. The number of ether oxygens (including phenoxy) is 1. The van der Waals surface area contributed by atoms with Gasteiger partial charge in [-0.15, -0.1) is 0 Å². The standard InChI is InChI=1S/C25H32N6O2/c1-33-20-14-24-23(28-17-20)6-7-25(32)31(24)13-12-30-10-8-18(9-11-30)26-15-19-16-27-21-4-2-3-5-22(21)29-19/h6-7,14,16-18,26H,2-5,8-13,15H2,1H3. The molecule has 0 amide bonds. The molecule has 0 radical (unpaired) electrons. The van der Waals surface area contributed by atoms with Gasteiger partial charge >= 0.3 is 0 Å². The van der Waals surface area contributed by atoms with E-state index in [-0.39, 0.29) is 5.56 Å². The molecule has 33 heavy (non-hydrogen) atoms. The summed E-state index contributed by atoms with van der Waals surface area (Å²) in [5, 5.41) is 3.68. The number of fused-ring (bicyclic) bond motifs is 2. The summed E-state index contributed by atoms with van der Waals surface area (Å²) in [6, 6.07) is 5.76. The first-order valence-corrected chi connectivity index (χ1v) is 12.0. The van der Waals surface area contributed by atoms with Gasteiger partial charge < -0.3 is 19.5 Å². The number of piperidine rings is 1. The average Bonchev–Trinajstić information content (AvgIpc) is 2.87. The number of hydrogen-bond donors (Lipinski definition) is 1. The molecule has 2 aliphatic rings. The van der Waals surface area contributed by atoms with E-state index in [1.54, 1.807) is 25.4 Å². The van der Waals surface area contributed by atoms with Gasteiger partial charge in [-0.2, -0.15) is 0 Å². The summed E-state index contributed by atoms with van der Waals surface area (Å²) < 4.78 is 7.11. The average molecular weight is 449 g/mol. The Balaban J connectivity index is 1.13. The largest absolute Gasteiger partial charge is 0.495 e. The van der Waals surface area contributed by atoms with E-state index in [9.17, 15) is 4.79 Å². The zero-order valence-corrected chi connectivity index (χ0v) is 19.3. The van der Waals surface area contributed by atoms with Gasteiger partial charge in [-0.3, -0.25) is 19.7 Å². The van der Waals surface area contributed by atoms with E-state index in [1.165, 1.54) is 24.2 Å². The Morgan fingerprint density at radius 3 is 2.70 bits per heavy atom. The second-order valence-corrected chi connectivity index (χ2v) is 9.06. The highest BCUT2D eigenvalue weighted by Gasteiger charge is 2.20. The van der Waals surface area contributed by atoms with Gasteiger partial charge in [-0.1, -0.05) is 0 Å². The molecule has 0 atom stereocenters. The van der Waals surface area contributed by atoms with E-state index >= 15 is 0 Å². The number of aromatic nitrogens is 4. The Labute approximate surface area is 194 Å². The molecule has 1 saturated heterocycles. The molecule has 8 nitrogen and oxygen atoms in total. The van der Waals surface area contributed by atoms with Crippen LogP contribution in [0.1, 0.15) is 42.8 Å². The summed E-state index contributed by atoms with van der Waals surface area (Å²) in [5.74, 6) is 0.664. The van der Waals surface area contributed by atoms with E-state index in [2.05, 4.69) is 20.2 Å². The van der Waals surface area contributed by atoms with E-state index in [0.717, 1.165) is 68.6 Å². The summed E-state index contributed by atoms with van der Waals surface area (Å²) in [6.45, 7) is 4.32. The molecule has 0 spiro atoms. The van der Waals surface area contributed by atoms with Gasteiger partial charge in [0.25, 0.3) is 5.56 Å². The molecule has 0 bridgehead atoms. The van der Waals surface area contributed by atoms with Crippen LogP contribution in [-0.4, -0.2) is 57.2 Å². The second-order valence-electron chi connectivity index (χ2n) is 9.06. The fourth-order valence-electron chi connectivity index (χ4n) is 4.91. The lowest BCUT2D eigenvalue weighted by Gasteiger charge is -2.32. The molecule has 174 valence electrons. The van der Waals surface area contributed by atoms with Gasteiger partial charge in [-0.25, -0.2) is 0 Å². The molecule has 1 aliphatic heterocycles. The second kappa shape index (κ2) is 9.97. The lowest BCUT2D eigenvalue weighted by Crippen LogP contribution is -2.43. The van der Waals surface area contributed by atoms with Crippen molar-refractivity contribution in [2.24, 2.45) is 0 Å². The maximum Gasteiger partial charge on any atom is 0.251 e. The third kappa shape index (κ3) is 5.07. The first-order valence-electron chi connectivity index (χ1n) is 12.0. The summed E-state index contributed by atoms with van der Waals surface area (Å²) in [5.41, 5.74) is 5.08. The highest BCUT2D eigenvalue weighted by atomic mass is 16.5. The van der Waals surface area contributed by atoms with E-state index < -0.39 is 0 Å². The summed E-state index contributed by atoms with van der Waals surface area (Å²) in [7, 11) is 1.62. The highest BCUT2D eigenvalue weighted by Crippen LogP contribution is 2.19. The van der Waals surface area contributed by atoms with Gasteiger partial charge in [0.05, 0.1) is 47.6 Å². The number of pyridine rings is 2. The number of methoxy groups -OCH3 is 1. The van der Waals surface area contributed by atoms with Crippen molar-refractivity contribution in [1.29, 1.82) is 0 Å². The van der Waals surface area contributed by atoms with Crippen LogP contribution in [0, 0.1) is 0 Å². The predicted molar refractivity (Wildman–Crippen MR) is 128 cm³/mol. The van der Waals surface area contributed by atoms with E-state index in [0.29, 0.717) is 18.3 Å². The first-order chi connectivity index (χ1) is 16.2. The third-order valence-corrected chi connectivity index (χ3v) is 6.91. The van der Waals surface area contributed by atoms with E-state index in [4.69, 9.17) is 9.72 Å². The summed E-state index contributed by atoms with van der Waals surface area (Å²) >= 11 is 0. The Kier molecular flexibility index (Phi) is 6.64. The maximum atomic E-state index is 12.5. The molecule has 4 heterocycles. The van der Waals surface area contributed by atoms with Crippen LogP contribution >= 0.6 is 0 Å². The number of nitrogens with one attached hydrogen (secondary N) is 1. The van der Waals surface area contributed by atoms with Crippen LogP contribution in [-0.2, 0) is 25.9 Å². The molecule has 1 N–H and O–H groups in total. The van der Waals surface area contributed by atoms with Crippen molar-refractivity contribution < 1.29 is 4.74 Å². The number of nitrogens with zero attached hydrogens (tertiary/aromatic N) is 5. The molecule has 8 heteroatoms. The Morgan fingerprint density at radius 2 is 1.88 bits per heavy atom. The normalized spacial score (nSPS) is 17.2. The van der Waals surface area contributed by atoms with Gasteiger partial charge in [0.15, 0.2) is 0 Å². The number of hydrogen-bond acceptors (Lipinski definition) is 7. The van der Waals surface area contributed by atoms with Crippen molar-refractivity contribution >= 4 is 11.0 Å². The molecular formula is C25H32N6O2. The van der Waals surface area contributed by atoms with Crippen LogP contribution in [0.15, 0.2) is 35.4 Å². The van der Waals surface area contributed by atoms with Crippen molar-refractivity contribution in [3.05, 3.63) is 58.0 Å². The minimum atomic E-state index is 0.000245. The topological polar surface area (TPSA) is 85.2 Å².